The van der Waals surface area contributed by atoms with Crippen LogP contribution in [0.2, 0.25) is 0 Å². The van der Waals surface area contributed by atoms with E-state index in [0.29, 0.717) is 22.4 Å². The van der Waals surface area contributed by atoms with E-state index in [2.05, 4.69) is 13.8 Å². The molecule has 0 spiro atoms. The third-order valence-corrected chi connectivity index (χ3v) is 8.40. The molecule has 1 rings (SSSR count). The third kappa shape index (κ3) is 12.9. The van der Waals surface area contributed by atoms with Crippen LogP contribution in [-0.4, -0.2) is 29.0 Å². The van der Waals surface area contributed by atoms with Crippen molar-refractivity contribution in [3.8, 4) is 5.75 Å². The lowest BCUT2D eigenvalue weighted by atomic mass is 9.95. The van der Waals surface area contributed by atoms with Gasteiger partial charge in [-0.25, -0.2) is 0 Å². The number of aromatic hydroxyl groups is 1. The topological polar surface area (TPSA) is 66.6 Å². The van der Waals surface area contributed by atoms with Crippen molar-refractivity contribution < 1.29 is 9.90 Å². The fraction of sp³-hybridized carbons (Fsp3) is 0.794. The van der Waals surface area contributed by atoms with Gasteiger partial charge in [-0.3, -0.25) is 4.79 Å². The second-order valence-electron chi connectivity index (χ2n) is 11.7. The Kier molecular flexibility index (Phi) is 19.1. The summed E-state index contributed by atoms with van der Waals surface area (Å²) >= 11 is 0. The number of amides is 1. The molecule has 0 heterocycles. The number of anilines is 1. The van der Waals surface area contributed by atoms with Crippen molar-refractivity contribution in [3.63, 3.8) is 0 Å². The maximum absolute atomic E-state index is 13.7. The summed E-state index contributed by atoms with van der Waals surface area (Å²) in [6.07, 6.45) is 25.7. The van der Waals surface area contributed by atoms with Gasteiger partial charge in [-0.15, -0.1) is 0 Å². The summed E-state index contributed by atoms with van der Waals surface area (Å²) in [5, 5.41) is 10.9. The quantitative estimate of drug-likeness (QED) is 0.0840. The largest absolute Gasteiger partial charge is 0.507 e. The van der Waals surface area contributed by atoms with Gasteiger partial charge in [0.05, 0.1) is 5.56 Å². The van der Waals surface area contributed by atoms with Gasteiger partial charge in [0.2, 0.25) is 0 Å². The molecule has 4 nitrogen and oxygen atoms in total. The van der Waals surface area contributed by atoms with Gasteiger partial charge in [0, 0.05) is 18.8 Å². The van der Waals surface area contributed by atoms with Crippen molar-refractivity contribution in [2.24, 2.45) is 0 Å². The van der Waals surface area contributed by atoms with E-state index >= 15 is 0 Å². The highest BCUT2D eigenvalue weighted by Crippen LogP contribution is 2.34. The average molecular weight is 531 g/mol. The Morgan fingerprint density at radius 1 is 0.579 bits per heavy atom. The highest BCUT2D eigenvalue weighted by atomic mass is 16.3. The molecule has 0 aliphatic carbocycles. The Hall–Kier alpha value is -1.71. The normalized spacial score (nSPS) is 11.3. The number of carbonyl (C=O) groups is 1. The Labute approximate surface area is 236 Å². The zero-order chi connectivity index (χ0) is 28.2. The molecule has 3 N–H and O–H groups in total. The average Bonchev–Trinajstić information content (AvgIpc) is 2.91. The molecule has 1 aromatic carbocycles. The lowest BCUT2D eigenvalue weighted by molar-refractivity contribution is 0.0745. The van der Waals surface area contributed by atoms with Crippen LogP contribution in [0.25, 0.3) is 0 Å². The first-order valence-electron chi connectivity index (χ1n) is 16.2. The molecule has 220 valence electrons. The minimum Gasteiger partial charge on any atom is -0.507 e. The molecular formula is C34H62N2O2. The molecule has 38 heavy (non-hydrogen) atoms. The molecule has 0 saturated carbocycles. The monoisotopic (exact) mass is 530 g/mol. The number of rotatable bonds is 23. The molecule has 0 aromatic heterocycles. The van der Waals surface area contributed by atoms with Crippen molar-refractivity contribution >= 4 is 11.6 Å². The Morgan fingerprint density at radius 2 is 0.921 bits per heavy atom. The van der Waals surface area contributed by atoms with E-state index in [-0.39, 0.29) is 11.7 Å². The van der Waals surface area contributed by atoms with E-state index in [1.165, 1.54) is 103 Å². The number of hydrogen-bond donors (Lipinski definition) is 2. The number of nitrogens with zero attached hydrogens (tertiary/aromatic N) is 1. The maximum atomic E-state index is 13.7. The second-order valence-corrected chi connectivity index (χ2v) is 11.7. The summed E-state index contributed by atoms with van der Waals surface area (Å²) in [7, 11) is 0. The molecule has 0 radical (unpaired) electrons. The van der Waals surface area contributed by atoms with Gasteiger partial charge < -0.3 is 15.7 Å². The van der Waals surface area contributed by atoms with E-state index in [0.717, 1.165) is 44.3 Å². The molecule has 0 bridgehead atoms. The van der Waals surface area contributed by atoms with E-state index in [4.69, 9.17) is 5.73 Å². The van der Waals surface area contributed by atoms with Crippen molar-refractivity contribution in [1.82, 2.24) is 4.90 Å². The second kappa shape index (κ2) is 21.2. The number of nitrogen functional groups attached to an aromatic ring is 1. The molecule has 1 amide bonds. The van der Waals surface area contributed by atoms with Crippen LogP contribution in [0, 0.1) is 20.8 Å². The molecular weight excluding hydrogens is 468 g/mol. The van der Waals surface area contributed by atoms with Crippen LogP contribution in [-0.2, 0) is 0 Å². The van der Waals surface area contributed by atoms with Crippen molar-refractivity contribution in [3.05, 3.63) is 22.3 Å². The first kappa shape index (κ1) is 34.3. The molecule has 0 fully saturated rings. The van der Waals surface area contributed by atoms with Gasteiger partial charge in [0.15, 0.2) is 0 Å². The predicted molar refractivity (Wildman–Crippen MR) is 166 cm³/mol. The lowest BCUT2D eigenvalue weighted by Gasteiger charge is -2.26. The zero-order valence-corrected chi connectivity index (χ0v) is 25.9. The number of unbranched alkanes of at least 4 members (excludes halogenated alkanes) is 18. The Morgan fingerprint density at radius 3 is 1.29 bits per heavy atom. The molecule has 0 aliphatic heterocycles. The fourth-order valence-electron chi connectivity index (χ4n) is 5.48. The van der Waals surface area contributed by atoms with Gasteiger partial charge in [-0.2, -0.15) is 0 Å². The van der Waals surface area contributed by atoms with Crippen LogP contribution in [0.15, 0.2) is 0 Å². The molecule has 4 heteroatoms. The predicted octanol–water partition coefficient (Wildman–Crippen LogP) is 10.2. The first-order chi connectivity index (χ1) is 18.4. The van der Waals surface area contributed by atoms with Gasteiger partial charge in [-0.1, -0.05) is 129 Å². The highest BCUT2D eigenvalue weighted by Gasteiger charge is 2.25. The van der Waals surface area contributed by atoms with Crippen LogP contribution < -0.4 is 5.73 Å². The van der Waals surface area contributed by atoms with Crippen molar-refractivity contribution in [2.45, 2.75) is 163 Å². The lowest BCUT2D eigenvalue weighted by Crippen LogP contribution is -2.34. The van der Waals surface area contributed by atoms with Gasteiger partial charge in [0.1, 0.15) is 5.75 Å². The van der Waals surface area contributed by atoms with Crippen molar-refractivity contribution in [2.75, 3.05) is 18.8 Å². The summed E-state index contributed by atoms with van der Waals surface area (Å²) < 4.78 is 0. The molecule has 1 aromatic rings. The molecule has 0 atom stereocenters. The summed E-state index contributed by atoms with van der Waals surface area (Å²) in [5.74, 6) is 0.0528. The van der Waals surface area contributed by atoms with Gasteiger partial charge >= 0.3 is 0 Å². The Bertz CT molecular complexity index is 721. The summed E-state index contributed by atoms with van der Waals surface area (Å²) in [4.78, 5) is 15.7. The van der Waals surface area contributed by atoms with Gasteiger partial charge in [0.25, 0.3) is 5.91 Å². The standard InChI is InChI=1S/C34H62N2O2/c1-6-8-10-12-14-16-18-20-22-24-26-36(27-25-23-21-19-17-15-13-11-9-7-2)34(38)31-30(5)32(35)28(3)29(4)33(31)37/h37H,6-27,35H2,1-5H3. The summed E-state index contributed by atoms with van der Waals surface area (Å²) in [5.41, 5.74) is 9.65. The van der Waals surface area contributed by atoms with Crippen LogP contribution >= 0.6 is 0 Å². The summed E-state index contributed by atoms with van der Waals surface area (Å²) in [6, 6.07) is 0. The summed E-state index contributed by atoms with van der Waals surface area (Å²) in [6.45, 7) is 11.7. The number of phenolic OH excluding ortho intramolecular Hbond substituents is 1. The minimum absolute atomic E-state index is 0.0540. The molecule has 0 saturated heterocycles. The highest BCUT2D eigenvalue weighted by molar-refractivity contribution is 6.00. The van der Waals surface area contributed by atoms with E-state index in [1.807, 2.05) is 25.7 Å². The van der Waals surface area contributed by atoms with E-state index in [1.54, 1.807) is 0 Å². The van der Waals surface area contributed by atoms with Crippen LogP contribution in [0.1, 0.15) is 169 Å². The van der Waals surface area contributed by atoms with Crippen LogP contribution in [0.4, 0.5) is 5.69 Å². The minimum atomic E-state index is -0.0540. The number of hydrogen-bond acceptors (Lipinski definition) is 3. The van der Waals surface area contributed by atoms with Crippen LogP contribution in [0.3, 0.4) is 0 Å². The van der Waals surface area contributed by atoms with E-state index in [9.17, 15) is 9.90 Å². The van der Waals surface area contributed by atoms with E-state index < -0.39 is 0 Å². The van der Waals surface area contributed by atoms with Gasteiger partial charge in [-0.05, 0) is 50.3 Å². The fourth-order valence-corrected chi connectivity index (χ4v) is 5.48. The molecule has 0 unspecified atom stereocenters. The number of benzene rings is 1. The van der Waals surface area contributed by atoms with Crippen molar-refractivity contribution in [1.29, 1.82) is 0 Å². The smallest absolute Gasteiger partial charge is 0.257 e. The zero-order valence-electron chi connectivity index (χ0n) is 25.9. The number of phenols is 1. The Balaban J connectivity index is 2.59. The first-order valence-corrected chi connectivity index (χ1v) is 16.2. The molecule has 0 aliphatic rings. The number of carbonyl (C=O) groups excluding carboxylic acids is 1. The SMILES string of the molecule is CCCCCCCCCCCCN(CCCCCCCCCCCC)C(=O)c1c(C)c(N)c(C)c(C)c1O. The number of nitrogens with two attached hydrogens (primary N) is 1. The maximum Gasteiger partial charge on any atom is 0.257 e. The van der Waals surface area contributed by atoms with Crippen LogP contribution in [0.5, 0.6) is 5.75 Å². The third-order valence-electron chi connectivity index (χ3n) is 8.40.